The van der Waals surface area contributed by atoms with Gasteiger partial charge in [-0.05, 0) is 37.0 Å². The Morgan fingerprint density at radius 1 is 1.07 bits per heavy atom. The van der Waals surface area contributed by atoms with Crippen LogP contribution in [0.3, 0.4) is 0 Å². The molecule has 0 heterocycles. The molecule has 1 aromatic rings. The molecular formula is C27H42N3O10P. The fourth-order valence-electron chi connectivity index (χ4n) is 4.02. The number of hydrogen-bond donors (Lipinski definition) is 6. The van der Waals surface area contributed by atoms with Gasteiger partial charge in [0.15, 0.2) is 0 Å². The highest BCUT2D eigenvalue weighted by atomic mass is 31.2. The van der Waals surface area contributed by atoms with E-state index in [9.17, 15) is 34.0 Å². The van der Waals surface area contributed by atoms with Gasteiger partial charge in [-0.15, -0.1) is 0 Å². The highest BCUT2D eigenvalue weighted by Gasteiger charge is 2.30. The Hall–Kier alpha value is -3.25. The lowest BCUT2D eigenvalue weighted by Crippen LogP contribution is -2.55. The Morgan fingerprint density at radius 3 is 2.34 bits per heavy atom. The Kier molecular flexibility index (Phi) is 15.9. The molecule has 3 amide bonds. The molecule has 2 atom stereocenters. The molecule has 6 N–H and O–H groups in total. The molecule has 0 saturated heterocycles. The smallest absolute Gasteiger partial charge is 0.481 e. The number of aliphatic hydroxyl groups excluding tert-OH is 1. The van der Waals surface area contributed by atoms with Crippen molar-refractivity contribution in [1.29, 1.82) is 0 Å². The van der Waals surface area contributed by atoms with Gasteiger partial charge >= 0.3 is 13.8 Å². The number of phosphoric ester groups is 1. The van der Waals surface area contributed by atoms with E-state index in [0.717, 1.165) is 25.7 Å². The van der Waals surface area contributed by atoms with Gasteiger partial charge in [-0.2, -0.15) is 0 Å². The molecule has 0 unspecified atom stereocenters. The van der Waals surface area contributed by atoms with E-state index in [1.807, 2.05) is 26.0 Å². The van der Waals surface area contributed by atoms with Crippen LogP contribution in [0.4, 0.5) is 0 Å². The SMILES string of the molecule is CC/C=C/CN(CCCCC)C(=O)[C@H](CCC(=O)O)NC(=O)[C@H](Cc1ccc(OP(=O)(O)O)c(CO)c1)NC(C)=O. The van der Waals surface area contributed by atoms with Gasteiger partial charge in [0.25, 0.3) is 0 Å². The summed E-state index contributed by atoms with van der Waals surface area (Å²) in [7, 11) is -4.89. The van der Waals surface area contributed by atoms with E-state index >= 15 is 0 Å². The zero-order valence-electron chi connectivity index (χ0n) is 23.7. The number of benzene rings is 1. The maximum atomic E-state index is 13.5. The Balaban J connectivity index is 3.24. The van der Waals surface area contributed by atoms with Crippen molar-refractivity contribution < 1.29 is 48.3 Å². The number of rotatable bonds is 19. The van der Waals surface area contributed by atoms with Gasteiger partial charge in [-0.1, -0.05) is 44.9 Å². The van der Waals surface area contributed by atoms with E-state index in [1.54, 1.807) is 4.90 Å². The first-order chi connectivity index (χ1) is 19.3. The molecule has 0 spiro atoms. The fourth-order valence-corrected chi connectivity index (χ4v) is 4.46. The minimum atomic E-state index is -4.89. The summed E-state index contributed by atoms with van der Waals surface area (Å²) < 4.78 is 15.8. The zero-order valence-corrected chi connectivity index (χ0v) is 24.6. The number of nitrogens with one attached hydrogen (secondary N) is 2. The molecule has 230 valence electrons. The number of aliphatic hydroxyl groups is 1. The summed E-state index contributed by atoms with van der Waals surface area (Å²) in [4.78, 5) is 69.8. The lowest BCUT2D eigenvalue weighted by atomic mass is 10.0. The average Bonchev–Trinajstić information content (AvgIpc) is 2.89. The second-order valence-electron chi connectivity index (χ2n) is 9.50. The first-order valence-corrected chi connectivity index (χ1v) is 15.0. The van der Waals surface area contributed by atoms with E-state index in [2.05, 4.69) is 15.2 Å². The number of allylic oxidation sites excluding steroid dienone is 1. The van der Waals surface area contributed by atoms with Crippen LogP contribution in [0, 0.1) is 0 Å². The van der Waals surface area contributed by atoms with Crippen LogP contribution in [0.2, 0.25) is 0 Å². The molecular weight excluding hydrogens is 557 g/mol. The van der Waals surface area contributed by atoms with Crippen LogP contribution in [-0.4, -0.2) is 73.8 Å². The molecule has 0 aromatic heterocycles. The fraction of sp³-hybridized carbons (Fsp3) is 0.556. The molecule has 0 aliphatic carbocycles. The predicted octanol–water partition coefficient (Wildman–Crippen LogP) is 2.03. The molecule has 0 bridgehead atoms. The van der Waals surface area contributed by atoms with Gasteiger partial charge in [-0.3, -0.25) is 29.0 Å². The van der Waals surface area contributed by atoms with Crippen molar-refractivity contribution in [2.45, 2.75) is 84.4 Å². The van der Waals surface area contributed by atoms with Crippen molar-refractivity contribution in [2.24, 2.45) is 0 Å². The van der Waals surface area contributed by atoms with E-state index in [-0.39, 0.29) is 30.6 Å². The number of amides is 3. The quantitative estimate of drug-likeness (QED) is 0.0776. The number of nitrogens with zero attached hydrogens (tertiary/aromatic N) is 1. The van der Waals surface area contributed by atoms with Crippen molar-refractivity contribution >= 4 is 31.5 Å². The second kappa shape index (κ2) is 18.2. The third-order valence-corrected chi connectivity index (χ3v) is 6.41. The maximum absolute atomic E-state index is 13.5. The minimum absolute atomic E-state index is 0.0465. The molecule has 14 heteroatoms. The highest BCUT2D eigenvalue weighted by Crippen LogP contribution is 2.39. The highest BCUT2D eigenvalue weighted by molar-refractivity contribution is 7.46. The van der Waals surface area contributed by atoms with Gasteiger partial charge in [0.2, 0.25) is 17.7 Å². The Morgan fingerprint density at radius 2 is 1.78 bits per heavy atom. The van der Waals surface area contributed by atoms with Gasteiger partial charge in [0, 0.05) is 38.4 Å². The number of phosphoric acid groups is 1. The van der Waals surface area contributed by atoms with E-state index in [0.29, 0.717) is 18.7 Å². The molecule has 1 aromatic carbocycles. The lowest BCUT2D eigenvalue weighted by molar-refractivity contribution is -0.139. The van der Waals surface area contributed by atoms with E-state index in [1.165, 1.54) is 25.1 Å². The Labute approximate surface area is 240 Å². The van der Waals surface area contributed by atoms with E-state index < -0.39 is 50.2 Å². The van der Waals surface area contributed by atoms with Crippen molar-refractivity contribution in [1.82, 2.24) is 15.5 Å². The summed E-state index contributed by atoms with van der Waals surface area (Å²) in [6.07, 6.45) is 6.49. The van der Waals surface area contributed by atoms with Crippen LogP contribution < -0.4 is 15.2 Å². The van der Waals surface area contributed by atoms with Crippen molar-refractivity contribution in [3.05, 3.63) is 41.5 Å². The van der Waals surface area contributed by atoms with Crippen LogP contribution in [-0.2, 0) is 36.8 Å². The Bertz CT molecular complexity index is 1100. The van der Waals surface area contributed by atoms with Gasteiger partial charge in [0.1, 0.15) is 17.8 Å². The molecule has 0 saturated carbocycles. The van der Waals surface area contributed by atoms with Crippen LogP contribution in [0.25, 0.3) is 0 Å². The molecule has 0 fully saturated rings. The summed E-state index contributed by atoms with van der Waals surface area (Å²) >= 11 is 0. The van der Waals surface area contributed by atoms with Crippen LogP contribution in [0.1, 0.15) is 70.4 Å². The van der Waals surface area contributed by atoms with Gasteiger partial charge in [0.05, 0.1) is 6.61 Å². The standard InChI is InChI=1S/C27H42N3O10P/c1-4-6-8-14-30(15-9-7-5-2)27(36)22(11-13-25(33)34)29-26(35)23(28-19(3)32)17-20-10-12-24(21(16-20)18-31)40-41(37,38)39/h6,8,10,12,16,22-23,31H,4-5,7,9,11,13-15,17-18H2,1-3H3,(H,28,32)(H,29,35)(H,33,34)(H2,37,38,39)/b8-6+/t22-,23-/m0/s1. The van der Waals surface area contributed by atoms with Gasteiger partial charge < -0.3 is 30.3 Å². The van der Waals surface area contributed by atoms with Gasteiger partial charge in [-0.25, -0.2) is 4.57 Å². The van der Waals surface area contributed by atoms with Crippen molar-refractivity contribution in [3.8, 4) is 5.75 Å². The van der Waals surface area contributed by atoms with E-state index in [4.69, 9.17) is 9.79 Å². The number of hydrogen-bond acceptors (Lipinski definition) is 7. The number of unbranched alkanes of at least 4 members (excludes halogenated alkanes) is 2. The number of carboxylic acid groups (broad SMARTS) is 1. The summed E-state index contributed by atoms with van der Waals surface area (Å²) in [6, 6.07) is 1.67. The topological polar surface area (TPSA) is 203 Å². The predicted molar refractivity (Wildman–Crippen MR) is 151 cm³/mol. The summed E-state index contributed by atoms with van der Waals surface area (Å²) in [5, 5.41) is 24.0. The molecule has 0 radical (unpaired) electrons. The van der Waals surface area contributed by atoms with Crippen molar-refractivity contribution in [2.75, 3.05) is 13.1 Å². The molecule has 0 aliphatic rings. The van der Waals surface area contributed by atoms with Crippen LogP contribution in [0.15, 0.2) is 30.4 Å². The largest absolute Gasteiger partial charge is 0.524 e. The van der Waals surface area contributed by atoms with Crippen LogP contribution in [0.5, 0.6) is 5.75 Å². The maximum Gasteiger partial charge on any atom is 0.524 e. The average molecular weight is 600 g/mol. The summed E-state index contributed by atoms with van der Waals surface area (Å²) in [5.41, 5.74) is 0.463. The molecule has 41 heavy (non-hydrogen) atoms. The number of carboxylic acids is 1. The summed E-state index contributed by atoms with van der Waals surface area (Å²) in [6.45, 7) is 5.31. The lowest BCUT2D eigenvalue weighted by Gasteiger charge is -2.28. The summed E-state index contributed by atoms with van der Waals surface area (Å²) in [5.74, 6) is -3.06. The molecule has 0 aliphatic heterocycles. The number of carbonyl (C=O) groups excluding carboxylic acids is 3. The van der Waals surface area contributed by atoms with Crippen LogP contribution >= 0.6 is 7.82 Å². The minimum Gasteiger partial charge on any atom is -0.481 e. The van der Waals surface area contributed by atoms with Crippen molar-refractivity contribution in [3.63, 3.8) is 0 Å². The normalized spacial score (nSPS) is 12.9. The zero-order chi connectivity index (χ0) is 31.0. The third kappa shape index (κ3) is 14.3. The second-order valence-corrected chi connectivity index (χ2v) is 10.7. The number of carbonyl (C=O) groups is 4. The monoisotopic (exact) mass is 599 g/mol. The first kappa shape index (κ1) is 35.8. The first-order valence-electron chi connectivity index (χ1n) is 13.5. The molecule has 1 rings (SSSR count). The third-order valence-electron chi connectivity index (χ3n) is 5.98. The molecule has 13 nitrogen and oxygen atoms in total. The number of aliphatic carboxylic acids is 1.